The Kier molecular flexibility index (Phi) is 7.29. The van der Waals surface area contributed by atoms with Crippen molar-refractivity contribution in [1.29, 1.82) is 0 Å². The van der Waals surface area contributed by atoms with Crippen LogP contribution in [0.15, 0.2) is 12.2 Å². The number of ether oxygens (including phenoxy) is 1. The van der Waals surface area contributed by atoms with Crippen molar-refractivity contribution >= 4 is 29.2 Å². The first-order chi connectivity index (χ1) is 7.32. The SMILES string of the molecule is C=C(C)C#CC(CC(C)C)OC(=O)C(Cl)Cl. The Morgan fingerprint density at radius 1 is 1.44 bits per heavy atom. The number of halogens is 2. The van der Waals surface area contributed by atoms with Crippen molar-refractivity contribution in [3.63, 3.8) is 0 Å². The van der Waals surface area contributed by atoms with E-state index in [1.165, 1.54) is 0 Å². The van der Waals surface area contributed by atoms with Crippen molar-refractivity contribution in [1.82, 2.24) is 0 Å². The molecule has 0 aliphatic carbocycles. The van der Waals surface area contributed by atoms with Crippen LogP contribution in [0.3, 0.4) is 0 Å². The lowest BCUT2D eigenvalue weighted by atomic mass is 10.1. The van der Waals surface area contributed by atoms with E-state index >= 15 is 0 Å². The Labute approximate surface area is 107 Å². The predicted molar refractivity (Wildman–Crippen MR) is 67.4 cm³/mol. The van der Waals surface area contributed by atoms with Crippen molar-refractivity contribution in [2.45, 2.75) is 38.1 Å². The van der Waals surface area contributed by atoms with Crippen LogP contribution in [0.1, 0.15) is 27.2 Å². The summed E-state index contributed by atoms with van der Waals surface area (Å²) in [4.78, 5) is 10.0. The molecule has 0 N–H and O–H groups in total. The number of rotatable bonds is 4. The van der Waals surface area contributed by atoms with Crippen LogP contribution in [0.25, 0.3) is 0 Å². The molecule has 0 aromatic heterocycles. The van der Waals surface area contributed by atoms with Crippen molar-refractivity contribution in [3.8, 4) is 11.8 Å². The van der Waals surface area contributed by atoms with Crippen LogP contribution in [-0.2, 0) is 9.53 Å². The third kappa shape index (κ3) is 7.62. The zero-order valence-corrected chi connectivity index (χ0v) is 11.2. The van der Waals surface area contributed by atoms with Gasteiger partial charge in [-0.05, 0) is 24.8 Å². The monoisotopic (exact) mass is 262 g/mol. The molecule has 1 atom stereocenters. The van der Waals surface area contributed by atoms with E-state index in [2.05, 4.69) is 18.4 Å². The smallest absolute Gasteiger partial charge is 0.340 e. The molecule has 0 aliphatic rings. The lowest BCUT2D eigenvalue weighted by Gasteiger charge is -2.14. The molecule has 16 heavy (non-hydrogen) atoms. The molecule has 0 saturated carbocycles. The molecular formula is C12H16Cl2O2. The lowest BCUT2D eigenvalue weighted by Crippen LogP contribution is -2.22. The van der Waals surface area contributed by atoms with Gasteiger partial charge >= 0.3 is 5.97 Å². The van der Waals surface area contributed by atoms with E-state index in [4.69, 9.17) is 27.9 Å². The highest BCUT2D eigenvalue weighted by molar-refractivity contribution is 6.52. The first-order valence-electron chi connectivity index (χ1n) is 4.98. The fourth-order valence-electron chi connectivity index (χ4n) is 0.960. The Balaban J connectivity index is 4.51. The quantitative estimate of drug-likeness (QED) is 0.442. The van der Waals surface area contributed by atoms with Crippen LogP contribution >= 0.6 is 23.2 Å². The second kappa shape index (κ2) is 7.60. The van der Waals surface area contributed by atoms with Crippen LogP contribution in [0, 0.1) is 17.8 Å². The van der Waals surface area contributed by atoms with Crippen molar-refractivity contribution < 1.29 is 9.53 Å². The van der Waals surface area contributed by atoms with Crippen molar-refractivity contribution in [2.75, 3.05) is 0 Å². The molecule has 2 nitrogen and oxygen atoms in total. The van der Waals surface area contributed by atoms with E-state index in [-0.39, 0.29) is 0 Å². The molecule has 0 aromatic rings. The summed E-state index contributed by atoms with van der Waals surface area (Å²) in [6.45, 7) is 9.47. The standard InChI is InChI=1S/C12H16Cl2O2/c1-8(2)5-6-10(7-9(3)4)16-12(15)11(13)14/h9-11H,1,7H2,2-4H3. The molecule has 0 aromatic carbocycles. The molecule has 0 radical (unpaired) electrons. The zero-order valence-electron chi connectivity index (χ0n) is 9.72. The lowest BCUT2D eigenvalue weighted by molar-refractivity contribution is -0.144. The fraction of sp³-hybridized carbons (Fsp3) is 0.583. The molecule has 0 bridgehead atoms. The Morgan fingerprint density at radius 2 is 2.00 bits per heavy atom. The normalized spacial score (nSPS) is 11.9. The van der Waals surface area contributed by atoms with Gasteiger partial charge < -0.3 is 4.74 Å². The molecule has 0 aliphatic heterocycles. The molecule has 90 valence electrons. The Morgan fingerprint density at radius 3 is 2.38 bits per heavy atom. The van der Waals surface area contributed by atoms with Crippen LogP contribution in [-0.4, -0.2) is 16.9 Å². The summed E-state index contributed by atoms with van der Waals surface area (Å²) in [5, 5.41) is 0. The van der Waals surface area contributed by atoms with Gasteiger partial charge in [-0.15, -0.1) is 0 Å². The first kappa shape index (κ1) is 15.3. The molecule has 1 unspecified atom stereocenters. The van der Waals surface area contributed by atoms with Crippen molar-refractivity contribution in [2.24, 2.45) is 5.92 Å². The van der Waals surface area contributed by atoms with Gasteiger partial charge in [-0.1, -0.05) is 55.5 Å². The van der Waals surface area contributed by atoms with Gasteiger partial charge in [0.25, 0.3) is 0 Å². The number of alkyl halides is 2. The summed E-state index contributed by atoms with van der Waals surface area (Å²) in [5.74, 6) is 5.31. The largest absolute Gasteiger partial charge is 0.447 e. The zero-order chi connectivity index (χ0) is 12.7. The third-order valence-corrected chi connectivity index (χ3v) is 1.92. The maximum absolute atomic E-state index is 11.2. The van der Waals surface area contributed by atoms with Crippen LogP contribution in [0.2, 0.25) is 0 Å². The number of hydrogen-bond donors (Lipinski definition) is 0. The number of carbonyl (C=O) groups excluding carboxylic acids is 1. The summed E-state index contributed by atoms with van der Waals surface area (Å²) in [6.07, 6.45) is 0.163. The average Bonchev–Trinajstić information content (AvgIpc) is 2.12. The van der Waals surface area contributed by atoms with Crippen LogP contribution in [0.4, 0.5) is 0 Å². The minimum absolute atomic E-state index is 0.362. The van der Waals surface area contributed by atoms with E-state index in [9.17, 15) is 4.79 Å². The van der Waals surface area contributed by atoms with Gasteiger partial charge in [0.05, 0.1) is 0 Å². The molecule has 0 fully saturated rings. The summed E-state index contributed by atoms with van der Waals surface area (Å²) >= 11 is 10.8. The second-order valence-corrected chi connectivity index (χ2v) is 5.00. The highest BCUT2D eigenvalue weighted by Crippen LogP contribution is 2.12. The summed E-state index contributed by atoms with van der Waals surface area (Å²) in [6, 6.07) is 0. The third-order valence-electron chi connectivity index (χ3n) is 1.57. The minimum Gasteiger partial charge on any atom is -0.447 e. The van der Waals surface area contributed by atoms with E-state index in [0.717, 1.165) is 5.57 Å². The van der Waals surface area contributed by atoms with Gasteiger partial charge in [0.2, 0.25) is 4.84 Å². The number of hydrogen-bond acceptors (Lipinski definition) is 2. The molecular weight excluding hydrogens is 247 g/mol. The Bertz CT molecular complexity index is 311. The van der Waals surface area contributed by atoms with E-state index < -0.39 is 16.9 Å². The molecule has 0 heterocycles. The van der Waals surface area contributed by atoms with Gasteiger partial charge in [0.15, 0.2) is 6.10 Å². The molecule has 0 saturated heterocycles. The molecule has 4 heteroatoms. The Hall–Kier alpha value is -0.650. The summed E-state index contributed by atoms with van der Waals surface area (Å²) in [5.41, 5.74) is 0.720. The highest BCUT2D eigenvalue weighted by atomic mass is 35.5. The fourth-order valence-corrected chi connectivity index (χ4v) is 1.06. The number of esters is 1. The van der Waals surface area contributed by atoms with Gasteiger partial charge in [-0.25, -0.2) is 4.79 Å². The molecule has 0 rings (SSSR count). The maximum atomic E-state index is 11.2. The van der Waals surface area contributed by atoms with Crippen LogP contribution < -0.4 is 0 Å². The van der Waals surface area contributed by atoms with E-state index in [0.29, 0.717) is 12.3 Å². The maximum Gasteiger partial charge on any atom is 0.340 e. The number of allylic oxidation sites excluding steroid dienone is 1. The van der Waals surface area contributed by atoms with Gasteiger partial charge in [0, 0.05) is 0 Å². The van der Waals surface area contributed by atoms with Crippen molar-refractivity contribution in [3.05, 3.63) is 12.2 Å². The van der Waals surface area contributed by atoms with E-state index in [1.54, 1.807) is 6.92 Å². The summed E-state index contributed by atoms with van der Waals surface area (Å²) in [7, 11) is 0. The predicted octanol–water partition coefficient (Wildman–Crippen LogP) is 3.33. The minimum atomic E-state index is -1.17. The molecule has 0 amide bonds. The van der Waals surface area contributed by atoms with Gasteiger partial charge in [0.1, 0.15) is 0 Å². The first-order valence-corrected chi connectivity index (χ1v) is 5.86. The van der Waals surface area contributed by atoms with E-state index in [1.807, 2.05) is 13.8 Å². The average molecular weight is 263 g/mol. The topological polar surface area (TPSA) is 26.3 Å². The highest BCUT2D eigenvalue weighted by Gasteiger charge is 2.18. The molecule has 0 spiro atoms. The second-order valence-electron chi connectivity index (χ2n) is 3.91. The van der Waals surface area contributed by atoms with Crippen LogP contribution in [0.5, 0.6) is 0 Å². The number of carbonyl (C=O) groups is 1. The van der Waals surface area contributed by atoms with Gasteiger partial charge in [-0.2, -0.15) is 0 Å². The van der Waals surface area contributed by atoms with Gasteiger partial charge in [-0.3, -0.25) is 0 Å². The summed E-state index contributed by atoms with van der Waals surface area (Å²) < 4.78 is 5.06.